The van der Waals surface area contributed by atoms with Crippen molar-refractivity contribution >= 4 is 14.5 Å². The number of fused-ring (bicyclic) bond motifs is 1. The Bertz CT molecular complexity index is 937. The Morgan fingerprint density at radius 3 is 2.29 bits per heavy atom. The van der Waals surface area contributed by atoms with Crippen molar-refractivity contribution in [1.82, 2.24) is 0 Å². The normalized spacial score (nSPS) is 30.8. The second-order valence-corrected chi connectivity index (χ2v) is 16.1. The van der Waals surface area contributed by atoms with Crippen molar-refractivity contribution in [3.8, 4) is 0 Å². The number of ether oxygens (including phenoxy) is 4. The fourth-order valence-corrected chi connectivity index (χ4v) is 6.48. The molecule has 3 rings (SSSR count). The van der Waals surface area contributed by atoms with Gasteiger partial charge in [0.05, 0.1) is 19.6 Å². The standard InChI is InChI=1S/C23H36F2O7P2/c1-7-29-34(6,27)14-13-22(16-23(24,25)33(4,5)26)19(28-15-17-11-9-8-10-12-17)18-20(32-22)31-21(2,3)30-18/h8-12,18-20H,7,13-16H2,1-6H3/t18-,19?,20-,22-,34?/m0/s1. The zero-order valence-electron chi connectivity index (χ0n) is 20.7. The molecule has 0 radical (unpaired) electrons. The van der Waals surface area contributed by atoms with E-state index in [1.54, 1.807) is 20.8 Å². The summed E-state index contributed by atoms with van der Waals surface area (Å²) >= 11 is 0. The van der Waals surface area contributed by atoms with Crippen molar-refractivity contribution < 1.29 is 41.4 Å². The summed E-state index contributed by atoms with van der Waals surface area (Å²) in [5.74, 6) is -0.992. The van der Waals surface area contributed by atoms with E-state index in [9.17, 15) is 9.13 Å². The third-order valence-electron chi connectivity index (χ3n) is 6.17. The van der Waals surface area contributed by atoms with Gasteiger partial charge in [0, 0.05) is 12.8 Å². The number of hydrogen-bond donors (Lipinski definition) is 0. The first-order valence-electron chi connectivity index (χ1n) is 11.4. The maximum absolute atomic E-state index is 15.3. The van der Waals surface area contributed by atoms with Gasteiger partial charge in [-0.15, -0.1) is 0 Å². The molecule has 7 nitrogen and oxygen atoms in total. The van der Waals surface area contributed by atoms with Gasteiger partial charge < -0.3 is 28.0 Å². The highest BCUT2D eigenvalue weighted by atomic mass is 31.2. The molecular weight excluding hydrogens is 488 g/mol. The number of hydrogen-bond acceptors (Lipinski definition) is 7. The molecule has 2 aliphatic heterocycles. The van der Waals surface area contributed by atoms with Crippen LogP contribution in [0.4, 0.5) is 8.78 Å². The molecule has 2 aliphatic rings. The quantitative estimate of drug-likeness (QED) is 0.341. The Morgan fingerprint density at radius 1 is 1.06 bits per heavy atom. The lowest BCUT2D eigenvalue weighted by Gasteiger charge is -2.40. The Hall–Kier alpha value is -0.660. The molecule has 2 heterocycles. The third-order valence-corrected chi connectivity index (χ3v) is 9.75. The maximum atomic E-state index is 15.3. The SMILES string of the molecule is CCOP(C)(=O)CC[C@@]1(CC(F)(F)P(C)(C)=O)O[C@@H]2OC(C)(C)O[C@H]2C1OCc1ccccc1. The minimum Gasteiger partial charge on any atom is -0.368 e. The molecule has 194 valence electrons. The number of rotatable bonds is 11. The Labute approximate surface area is 200 Å². The van der Waals surface area contributed by atoms with Crippen LogP contribution in [0.5, 0.6) is 0 Å². The van der Waals surface area contributed by atoms with Crippen LogP contribution in [0, 0.1) is 0 Å². The maximum Gasteiger partial charge on any atom is 0.300 e. The first kappa shape index (κ1) is 27.9. The molecule has 0 N–H and O–H groups in total. The van der Waals surface area contributed by atoms with E-state index in [1.165, 1.54) is 6.66 Å². The molecule has 1 aromatic rings. The Balaban J connectivity index is 1.98. The van der Waals surface area contributed by atoms with E-state index in [-0.39, 0.29) is 25.8 Å². The fourth-order valence-electron chi connectivity index (χ4n) is 4.37. The molecule has 2 saturated heterocycles. The van der Waals surface area contributed by atoms with Crippen LogP contribution >= 0.6 is 14.5 Å². The van der Waals surface area contributed by atoms with Gasteiger partial charge in [0.25, 0.3) is 5.66 Å². The molecule has 0 aliphatic carbocycles. The monoisotopic (exact) mass is 524 g/mol. The second kappa shape index (κ2) is 10.0. The molecule has 0 amide bonds. The van der Waals surface area contributed by atoms with E-state index >= 15 is 8.78 Å². The fraction of sp³-hybridized carbons (Fsp3) is 0.739. The number of benzene rings is 1. The summed E-state index contributed by atoms with van der Waals surface area (Å²) in [6.07, 6.45) is -3.67. The van der Waals surface area contributed by atoms with Gasteiger partial charge in [0.15, 0.2) is 19.4 Å². The topological polar surface area (TPSA) is 80.3 Å². The first-order valence-corrected chi connectivity index (χ1v) is 16.3. The summed E-state index contributed by atoms with van der Waals surface area (Å²) in [6, 6.07) is 9.30. The molecule has 34 heavy (non-hydrogen) atoms. The summed E-state index contributed by atoms with van der Waals surface area (Å²) in [4.78, 5) is 0. The van der Waals surface area contributed by atoms with E-state index in [0.717, 1.165) is 18.9 Å². The lowest BCUT2D eigenvalue weighted by Crippen LogP contribution is -2.50. The number of alkyl halides is 2. The van der Waals surface area contributed by atoms with E-state index < -0.39 is 56.5 Å². The molecule has 0 saturated carbocycles. The van der Waals surface area contributed by atoms with E-state index in [2.05, 4.69) is 0 Å². The zero-order chi connectivity index (χ0) is 25.4. The summed E-state index contributed by atoms with van der Waals surface area (Å²) in [6.45, 7) is 9.07. The lowest BCUT2D eigenvalue weighted by atomic mass is 9.88. The minimum absolute atomic E-state index is 0.0112. The molecule has 5 atom stereocenters. The van der Waals surface area contributed by atoms with Gasteiger partial charge in [-0.3, -0.25) is 4.57 Å². The van der Waals surface area contributed by atoms with Crippen LogP contribution in [0.15, 0.2) is 30.3 Å². The predicted octanol–water partition coefficient (Wildman–Crippen LogP) is 5.76. The highest BCUT2D eigenvalue weighted by molar-refractivity contribution is 7.63. The molecule has 1 aromatic carbocycles. The first-order chi connectivity index (χ1) is 15.6. The van der Waals surface area contributed by atoms with Gasteiger partial charge in [0.1, 0.15) is 25.0 Å². The Morgan fingerprint density at radius 2 is 1.71 bits per heavy atom. The van der Waals surface area contributed by atoms with E-state index in [1.807, 2.05) is 30.3 Å². The highest BCUT2D eigenvalue weighted by Gasteiger charge is 2.66. The van der Waals surface area contributed by atoms with E-state index in [4.69, 9.17) is 23.5 Å². The van der Waals surface area contributed by atoms with Gasteiger partial charge in [-0.2, -0.15) is 8.78 Å². The molecule has 0 bridgehead atoms. The third kappa shape index (κ3) is 6.36. The zero-order valence-corrected chi connectivity index (χ0v) is 22.5. The molecular formula is C23H36F2O7P2. The summed E-state index contributed by atoms with van der Waals surface area (Å²) < 4.78 is 85.6. The lowest BCUT2D eigenvalue weighted by molar-refractivity contribution is -0.253. The van der Waals surface area contributed by atoms with Crippen LogP contribution in [0.2, 0.25) is 0 Å². The molecule has 2 fully saturated rings. The molecule has 2 unspecified atom stereocenters. The predicted molar refractivity (Wildman–Crippen MR) is 126 cm³/mol. The average Bonchev–Trinajstić information content (AvgIpc) is 3.13. The van der Waals surface area contributed by atoms with Crippen LogP contribution < -0.4 is 0 Å². The van der Waals surface area contributed by atoms with Gasteiger partial charge in [-0.1, -0.05) is 30.3 Å². The van der Waals surface area contributed by atoms with Crippen LogP contribution in [0.25, 0.3) is 0 Å². The van der Waals surface area contributed by atoms with Crippen LogP contribution in [-0.2, 0) is 39.2 Å². The Kier molecular flexibility index (Phi) is 8.22. The molecule has 0 spiro atoms. The van der Waals surface area contributed by atoms with Gasteiger partial charge >= 0.3 is 0 Å². The van der Waals surface area contributed by atoms with Crippen molar-refractivity contribution in [2.24, 2.45) is 0 Å². The van der Waals surface area contributed by atoms with Crippen LogP contribution in [0.3, 0.4) is 0 Å². The highest BCUT2D eigenvalue weighted by Crippen LogP contribution is 2.61. The summed E-state index contributed by atoms with van der Waals surface area (Å²) in [5, 5.41) is 0. The molecule has 11 heteroatoms. The summed E-state index contributed by atoms with van der Waals surface area (Å²) in [5.41, 5.74) is -4.34. The minimum atomic E-state index is -3.85. The van der Waals surface area contributed by atoms with Gasteiger partial charge in [-0.05, 0) is 46.1 Å². The van der Waals surface area contributed by atoms with Crippen LogP contribution in [0.1, 0.15) is 39.2 Å². The average molecular weight is 524 g/mol. The van der Waals surface area contributed by atoms with Crippen molar-refractivity contribution in [3.63, 3.8) is 0 Å². The van der Waals surface area contributed by atoms with Crippen LogP contribution in [-0.4, -0.2) is 68.3 Å². The van der Waals surface area contributed by atoms with Gasteiger partial charge in [0.2, 0.25) is 0 Å². The van der Waals surface area contributed by atoms with Crippen molar-refractivity contribution in [1.29, 1.82) is 0 Å². The second-order valence-electron chi connectivity index (χ2n) is 9.97. The molecule has 0 aromatic heterocycles. The smallest absolute Gasteiger partial charge is 0.300 e. The van der Waals surface area contributed by atoms with Crippen molar-refractivity contribution in [2.75, 3.05) is 32.8 Å². The summed E-state index contributed by atoms with van der Waals surface area (Å²) in [7, 11) is -6.93. The van der Waals surface area contributed by atoms with Crippen molar-refractivity contribution in [2.45, 2.75) is 75.8 Å². The van der Waals surface area contributed by atoms with Crippen molar-refractivity contribution in [3.05, 3.63) is 35.9 Å². The number of halogens is 2. The largest absolute Gasteiger partial charge is 0.368 e. The van der Waals surface area contributed by atoms with Gasteiger partial charge in [-0.25, -0.2) is 0 Å². The van der Waals surface area contributed by atoms with E-state index in [0.29, 0.717) is 0 Å².